The number of carbonyl (C=O) groups excluding carboxylic acids is 6. The highest BCUT2D eigenvalue weighted by molar-refractivity contribution is 8.24. The second kappa shape index (κ2) is 24.5. The molecule has 3 fully saturated rings. The second-order valence-electron chi connectivity index (χ2n) is 15.9. The summed E-state index contributed by atoms with van der Waals surface area (Å²) < 4.78 is 33.1. The van der Waals surface area contributed by atoms with Crippen LogP contribution in [0.4, 0.5) is 0 Å². The fourth-order valence-electron chi connectivity index (χ4n) is 8.36. The van der Waals surface area contributed by atoms with E-state index in [-0.39, 0.29) is 72.6 Å². The Morgan fingerprint density at radius 1 is 0.532 bits per heavy atom. The minimum atomic E-state index is -0.497. The topological polar surface area (TPSA) is 205 Å². The van der Waals surface area contributed by atoms with Gasteiger partial charge in [-0.05, 0) is 127 Å². The van der Waals surface area contributed by atoms with Gasteiger partial charge >= 0.3 is 35.8 Å². The lowest BCUT2D eigenvalue weighted by molar-refractivity contribution is -0.152. The SMILES string of the molecule is C=CC(=O)OCCCCOC(=O)C1CCC(C(=O)Oc2ccc(OC(=O)C3CCC(C4CCC(C(=O)OCCCCOC(=O)C=C)CC4)CC3)c3c2SC(=C(C#N)C#N)S3)CC1. The highest BCUT2D eigenvalue weighted by Crippen LogP contribution is 2.59. The number of esters is 6. The molecule has 0 atom stereocenters. The first kappa shape index (κ1) is 48.0. The zero-order valence-electron chi connectivity index (χ0n) is 34.9. The van der Waals surface area contributed by atoms with Crippen LogP contribution >= 0.6 is 23.5 Å². The van der Waals surface area contributed by atoms with Gasteiger partial charge in [-0.3, -0.25) is 19.2 Å². The van der Waals surface area contributed by atoms with Gasteiger partial charge in [-0.1, -0.05) is 36.7 Å². The molecule has 1 aliphatic heterocycles. The molecule has 3 aliphatic carbocycles. The molecule has 0 saturated heterocycles. The van der Waals surface area contributed by atoms with Crippen LogP contribution in [-0.4, -0.2) is 62.2 Å². The summed E-state index contributed by atoms with van der Waals surface area (Å²) in [6, 6.07) is 6.99. The van der Waals surface area contributed by atoms with E-state index in [1.165, 1.54) is 0 Å². The van der Waals surface area contributed by atoms with Crippen LogP contribution in [0.25, 0.3) is 0 Å². The van der Waals surface area contributed by atoms with E-state index in [1.807, 2.05) is 12.1 Å². The maximum atomic E-state index is 13.6. The fraction of sp³-hybridized carbons (Fsp3) is 0.565. The number of nitrogens with zero attached hydrogens (tertiary/aromatic N) is 2. The quantitative estimate of drug-likeness (QED) is 0.0319. The minimum absolute atomic E-state index is 0.1000. The normalized spacial score (nSPS) is 22.9. The van der Waals surface area contributed by atoms with Gasteiger partial charge in [0.15, 0.2) is 0 Å². The first-order valence-corrected chi connectivity index (χ1v) is 23.1. The molecule has 62 heavy (non-hydrogen) atoms. The van der Waals surface area contributed by atoms with Crippen molar-refractivity contribution in [3.63, 3.8) is 0 Å². The molecule has 0 spiro atoms. The average molecular weight is 891 g/mol. The van der Waals surface area contributed by atoms with Gasteiger partial charge in [-0.15, -0.1) is 0 Å². The highest BCUT2D eigenvalue weighted by atomic mass is 32.2. The van der Waals surface area contributed by atoms with Gasteiger partial charge in [0.05, 0.1) is 64.1 Å². The highest BCUT2D eigenvalue weighted by Gasteiger charge is 2.38. The van der Waals surface area contributed by atoms with Crippen LogP contribution in [0.2, 0.25) is 0 Å². The van der Waals surface area contributed by atoms with Crippen molar-refractivity contribution < 1.29 is 57.2 Å². The smallest absolute Gasteiger partial charge is 0.330 e. The molecule has 1 heterocycles. The van der Waals surface area contributed by atoms with E-state index in [9.17, 15) is 39.3 Å². The number of benzene rings is 1. The molecular formula is C46H54N2O12S2. The Balaban J connectivity index is 1.08. The van der Waals surface area contributed by atoms with Crippen molar-refractivity contribution in [3.8, 4) is 23.6 Å². The summed E-state index contributed by atoms with van der Waals surface area (Å²) in [7, 11) is 0. The van der Waals surface area contributed by atoms with Crippen molar-refractivity contribution in [2.45, 2.75) is 113 Å². The Morgan fingerprint density at radius 2 is 0.855 bits per heavy atom. The number of allylic oxidation sites excluding steroid dienone is 1. The number of rotatable bonds is 19. The van der Waals surface area contributed by atoms with Gasteiger partial charge < -0.3 is 28.4 Å². The molecular weight excluding hydrogens is 837 g/mol. The van der Waals surface area contributed by atoms with Crippen LogP contribution in [0, 0.1) is 58.2 Å². The molecule has 0 N–H and O–H groups in total. The van der Waals surface area contributed by atoms with E-state index in [0.717, 1.165) is 74.2 Å². The Bertz CT molecular complexity index is 1930. The van der Waals surface area contributed by atoms with E-state index in [2.05, 4.69) is 13.2 Å². The maximum Gasteiger partial charge on any atom is 0.330 e. The number of hydrogen-bond donors (Lipinski definition) is 0. The fourth-order valence-corrected chi connectivity index (χ4v) is 10.8. The Morgan fingerprint density at radius 3 is 1.19 bits per heavy atom. The Hall–Kier alpha value is -5.06. The predicted molar refractivity (Wildman–Crippen MR) is 227 cm³/mol. The predicted octanol–water partition coefficient (Wildman–Crippen LogP) is 8.48. The molecule has 3 saturated carbocycles. The molecule has 0 bridgehead atoms. The molecule has 0 radical (unpaired) electrons. The molecule has 5 rings (SSSR count). The third-order valence-corrected chi connectivity index (χ3v) is 14.6. The van der Waals surface area contributed by atoms with Crippen molar-refractivity contribution in [1.29, 1.82) is 10.5 Å². The van der Waals surface area contributed by atoms with Gasteiger partial charge in [-0.2, -0.15) is 10.5 Å². The van der Waals surface area contributed by atoms with Crippen LogP contribution in [-0.2, 0) is 47.7 Å². The number of carbonyl (C=O) groups is 6. The second-order valence-corrected chi connectivity index (χ2v) is 18.2. The molecule has 16 heteroatoms. The first-order valence-electron chi connectivity index (χ1n) is 21.5. The number of thioether (sulfide) groups is 2. The van der Waals surface area contributed by atoms with Crippen molar-refractivity contribution >= 4 is 59.3 Å². The summed E-state index contributed by atoms with van der Waals surface area (Å²) in [4.78, 5) is 75.6. The van der Waals surface area contributed by atoms with Crippen LogP contribution < -0.4 is 9.47 Å². The van der Waals surface area contributed by atoms with Crippen molar-refractivity contribution in [1.82, 2.24) is 0 Å². The number of ether oxygens (including phenoxy) is 6. The Kier molecular flexibility index (Phi) is 19.0. The number of fused-ring (bicyclic) bond motifs is 1. The van der Waals surface area contributed by atoms with Crippen LogP contribution in [0.1, 0.15) is 103 Å². The van der Waals surface area contributed by atoms with E-state index in [4.69, 9.17) is 28.4 Å². The molecule has 14 nitrogen and oxygen atoms in total. The van der Waals surface area contributed by atoms with Crippen LogP contribution in [0.3, 0.4) is 0 Å². The lowest BCUT2D eigenvalue weighted by Crippen LogP contribution is -2.31. The number of hydrogen-bond acceptors (Lipinski definition) is 16. The third kappa shape index (κ3) is 13.7. The van der Waals surface area contributed by atoms with E-state index < -0.39 is 23.8 Å². The van der Waals surface area contributed by atoms with Crippen LogP contribution in [0.15, 0.2) is 57.0 Å². The third-order valence-electron chi connectivity index (χ3n) is 11.9. The minimum Gasteiger partial charge on any atom is -0.465 e. The van der Waals surface area contributed by atoms with E-state index in [0.29, 0.717) is 96.7 Å². The summed E-state index contributed by atoms with van der Waals surface area (Å²) in [6.45, 7) is 7.70. The van der Waals surface area contributed by atoms with E-state index in [1.54, 1.807) is 12.1 Å². The molecule has 0 aromatic heterocycles. The summed E-state index contributed by atoms with van der Waals surface area (Å²) in [6.07, 6.45) is 12.9. The van der Waals surface area contributed by atoms with Gasteiger partial charge in [0.1, 0.15) is 29.2 Å². The summed E-state index contributed by atoms with van der Waals surface area (Å²) in [5.41, 5.74) is -0.1000. The zero-order valence-corrected chi connectivity index (χ0v) is 36.6. The zero-order chi connectivity index (χ0) is 44.4. The van der Waals surface area contributed by atoms with Crippen molar-refractivity contribution in [3.05, 3.63) is 47.3 Å². The van der Waals surface area contributed by atoms with Gasteiger partial charge in [-0.25, -0.2) is 9.59 Å². The molecule has 1 aromatic rings. The number of unbranched alkanes of at least 4 members (excludes halogenated alkanes) is 2. The monoisotopic (exact) mass is 890 g/mol. The summed E-state index contributed by atoms with van der Waals surface area (Å²) in [5.74, 6) is -1.97. The standard InChI is InChI=1S/C46H54N2O12S2/c1-3-38(49)55-23-5-7-25-57-42(51)31-13-9-29(10-14-31)30-11-15-33(16-12-30)44(53)59-36-21-22-37(41-40(36)61-46(62-41)35(27-47)28-48)60-45(54)34-19-17-32(18-20-34)43(52)58-26-8-6-24-56-39(50)4-2/h3-4,21-22,29-34H,1-2,5-20,23-26H2. The van der Waals surface area contributed by atoms with Crippen molar-refractivity contribution in [2.24, 2.45) is 35.5 Å². The Labute approximate surface area is 371 Å². The van der Waals surface area contributed by atoms with Gasteiger partial charge in [0.2, 0.25) is 0 Å². The van der Waals surface area contributed by atoms with Crippen LogP contribution in [0.5, 0.6) is 11.5 Å². The first-order chi connectivity index (χ1) is 30.0. The van der Waals surface area contributed by atoms with Crippen molar-refractivity contribution in [2.75, 3.05) is 26.4 Å². The maximum absolute atomic E-state index is 13.6. The molecule has 1 aromatic carbocycles. The van der Waals surface area contributed by atoms with Gasteiger partial charge in [0.25, 0.3) is 0 Å². The van der Waals surface area contributed by atoms with E-state index >= 15 is 0 Å². The molecule has 332 valence electrons. The van der Waals surface area contributed by atoms with Gasteiger partial charge in [0, 0.05) is 12.2 Å². The molecule has 0 unspecified atom stereocenters. The largest absolute Gasteiger partial charge is 0.465 e. The molecule has 0 amide bonds. The summed E-state index contributed by atoms with van der Waals surface area (Å²) >= 11 is 2.25. The average Bonchev–Trinajstić information content (AvgIpc) is 3.75. The lowest BCUT2D eigenvalue weighted by atomic mass is 9.69. The lowest BCUT2D eigenvalue weighted by Gasteiger charge is -2.36. The number of nitriles is 2. The molecule has 4 aliphatic rings. The summed E-state index contributed by atoms with van der Waals surface area (Å²) in [5, 5.41) is 19.2.